The molecule has 3 heterocycles. The smallest absolute Gasteiger partial charge is 0.312 e. The van der Waals surface area contributed by atoms with Gasteiger partial charge >= 0.3 is 5.69 Å². The molecule has 0 saturated carbocycles. The quantitative estimate of drug-likeness (QED) is 0.440. The van der Waals surface area contributed by atoms with Crippen molar-refractivity contribution >= 4 is 23.2 Å². The monoisotopic (exact) mass is 429 g/mol. The van der Waals surface area contributed by atoms with Crippen LogP contribution in [0, 0.1) is 24.0 Å². The van der Waals surface area contributed by atoms with Gasteiger partial charge in [-0.05, 0) is 26.8 Å². The fourth-order valence-corrected chi connectivity index (χ4v) is 3.13. The van der Waals surface area contributed by atoms with Crippen LogP contribution in [-0.4, -0.2) is 65.1 Å². The van der Waals surface area contributed by atoms with Gasteiger partial charge in [-0.3, -0.25) is 29.1 Å². The zero-order valence-electron chi connectivity index (χ0n) is 17.9. The van der Waals surface area contributed by atoms with Gasteiger partial charge in [0.1, 0.15) is 23.8 Å². The van der Waals surface area contributed by atoms with Crippen molar-refractivity contribution in [3.8, 4) is 0 Å². The van der Waals surface area contributed by atoms with Gasteiger partial charge in [-0.15, -0.1) is 0 Å². The van der Waals surface area contributed by atoms with Crippen LogP contribution in [0.3, 0.4) is 0 Å². The van der Waals surface area contributed by atoms with Gasteiger partial charge in [-0.1, -0.05) is 0 Å². The van der Waals surface area contributed by atoms with Crippen LogP contribution < -0.4 is 5.32 Å². The number of hydrogen-bond acceptors (Lipinski definition) is 7. The van der Waals surface area contributed by atoms with Gasteiger partial charge in [-0.25, -0.2) is 4.68 Å². The van der Waals surface area contributed by atoms with E-state index in [0.717, 1.165) is 0 Å². The summed E-state index contributed by atoms with van der Waals surface area (Å²) in [4.78, 5) is 37.2. The number of aryl methyl sites for hydroxylation is 2. The van der Waals surface area contributed by atoms with E-state index < -0.39 is 10.8 Å². The fourth-order valence-electron chi connectivity index (χ4n) is 3.13. The maximum atomic E-state index is 12.7. The molecule has 0 aromatic carbocycles. The maximum absolute atomic E-state index is 12.7. The van der Waals surface area contributed by atoms with Crippen molar-refractivity contribution in [1.29, 1.82) is 0 Å². The molecule has 1 N–H and O–H groups in total. The second kappa shape index (κ2) is 8.38. The first kappa shape index (κ1) is 21.7. The van der Waals surface area contributed by atoms with Crippen LogP contribution in [0.2, 0.25) is 0 Å². The van der Waals surface area contributed by atoms with E-state index in [2.05, 4.69) is 20.6 Å². The summed E-state index contributed by atoms with van der Waals surface area (Å²) >= 11 is 0. The third kappa shape index (κ3) is 4.15. The Balaban J connectivity index is 1.79. The second-order valence-electron chi connectivity index (χ2n) is 7.03. The molecule has 0 unspecified atom stereocenters. The van der Waals surface area contributed by atoms with Crippen LogP contribution in [0.4, 0.5) is 11.4 Å². The Bertz CT molecular complexity index is 1160. The Labute approximate surface area is 177 Å². The number of anilines is 1. The highest BCUT2D eigenvalue weighted by atomic mass is 16.6. The van der Waals surface area contributed by atoms with Crippen molar-refractivity contribution in [1.82, 2.24) is 34.2 Å². The molecule has 31 heavy (non-hydrogen) atoms. The average molecular weight is 429 g/mol. The number of nitro groups is 1. The van der Waals surface area contributed by atoms with E-state index in [9.17, 15) is 19.7 Å². The highest BCUT2D eigenvalue weighted by Gasteiger charge is 2.24. The Morgan fingerprint density at radius 2 is 1.94 bits per heavy atom. The number of carbonyl (C=O) groups excluding carboxylic acids is 2. The zero-order valence-corrected chi connectivity index (χ0v) is 17.9. The lowest BCUT2D eigenvalue weighted by Gasteiger charge is -2.13. The summed E-state index contributed by atoms with van der Waals surface area (Å²) in [7, 11) is 3.23. The molecule has 0 aliphatic rings. The average Bonchev–Trinajstić information content (AvgIpc) is 3.39. The van der Waals surface area contributed by atoms with Gasteiger partial charge in [0, 0.05) is 26.8 Å². The van der Waals surface area contributed by atoms with Crippen LogP contribution >= 0.6 is 0 Å². The van der Waals surface area contributed by atoms with Crippen molar-refractivity contribution in [2.75, 3.05) is 19.4 Å². The first-order valence-electron chi connectivity index (χ1n) is 9.44. The topological polar surface area (TPSA) is 146 Å². The number of rotatable bonds is 7. The molecule has 164 valence electrons. The lowest BCUT2D eigenvalue weighted by Crippen LogP contribution is -2.26. The number of nitrogens with one attached hydrogen (secondary N) is 1. The van der Waals surface area contributed by atoms with Crippen molar-refractivity contribution in [2.45, 2.75) is 34.0 Å². The summed E-state index contributed by atoms with van der Waals surface area (Å²) < 4.78 is 4.40. The SMILES string of the molecule is CCn1ncc(NC(=O)c2ccn(Cn3nc(C)c([N+](=O)[O-])c3C)n2)c1C(=O)N(C)C. The Hall–Kier alpha value is -4.03. The van der Waals surface area contributed by atoms with Crippen molar-refractivity contribution < 1.29 is 14.5 Å². The van der Waals surface area contributed by atoms with Crippen LogP contribution in [0.15, 0.2) is 18.5 Å². The van der Waals surface area contributed by atoms with Crippen molar-refractivity contribution in [2.24, 2.45) is 0 Å². The normalized spacial score (nSPS) is 10.9. The summed E-state index contributed by atoms with van der Waals surface area (Å²) in [6.07, 6.45) is 2.99. The van der Waals surface area contributed by atoms with Gasteiger partial charge in [0.2, 0.25) is 0 Å². The zero-order chi connectivity index (χ0) is 22.9. The molecule has 0 aliphatic carbocycles. The molecule has 3 aromatic rings. The molecule has 2 amide bonds. The molecular weight excluding hydrogens is 406 g/mol. The molecule has 0 fully saturated rings. The molecule has 0 radical (unpaired) electrons. The van der Waals surface area contributed by atoms with Gasteiger partial charge in [-0.2, -0.15) is 15.3 Å². The van der Waals surface area contributed by atoms with E-state index in [1.54, 1.807) is 34.1 Å². The highest BCUT2D eigenvalue weighted by Crippen LogP contribution is 2.22. The number of nitrogens with zero attached hydrogens (tertiary/aromatic N) is 8. The third-order valence-corrected chi connectivity index (χ3v) is 4.67. The molecule has 0 spiro atoms. The van der Waals surface area contributed by atoms with E-state index in [4.69, 9.17) is 0 Å². The van der Waals surface area contributed by atoms with Gasteiger partial charge in [0.15, 0.2) is 5.69 Å². The lowest BCUT2D eigenvalue weighted by molar-refractivity contribution is -0.386. The Kier molecular flexibility index (Phi) is 5.86. The van der Waals surface area contributed by atoms with Crippen LogP contribution in [0.1, 0.15) is 39.3 Å². The number of aromatic nitrogens is 6. The predicted octanol–water partition coefficient (Wildman–Crippen LogP) is 1.28. The van der Waals surface area contributed by atoms with Crippen molar-refractivity contribution in [3.63, 3.8) is 0 Å². The number of carbonyl (C=O) groups is 2. The minimum atomic E-state index is -0.512. The first-order valence-corrected chi connectivity index (χ1v) is 9.44. The molecule has 0 atom stereocenters. The summed E-state index contributed by atoms with van der Waals surface area (Å²) in [5.41, 5.74) is 1.32. The van der Waals surface area contributed by atoms with Crippen molar-refractivity contribution in [3.05, 3.63) is 51.4 Å². The molecule has 13 nitrogen and oxygen atoms in total. The van der Waals surface area contributed by atoms with Gasteiger partial charge in [0.25, 0.3) is 11.8 Å². The Morgan fingerprint density at radius 1 is 1.23 bits per heavy atom. The molecule has 0 aliphatic heterocycles. The number of amides is 2. The second-order valence-corrected chi connectivity index (χ2v) is 7.03. The first-order chi connectivity index (χ1) is 14.6. The minimum Gasteiger partial charge on any atom is -0.343 e. The van der Waals surface area contributed by atoms with Gasteiger partial charge < -0.3 is 10.2 Å². The molecule has 0 saturated heterocycles. The molecule has 3 rings (SSSR count). The third-order valence-electron chi connectivity index (χ3n) is 4.67. The lowest BCUT2D eigenvalue weighted by atomic mass is 10.3. The largest absolute Gasteiger partial charge is 0.343 e. The van der Waals surface area contributed by atoms with E-state index >= 15 is 0 Å². The number of hydrogen-bond donors (Lipinski definition) is 1. The predicted molar refractivity (Wildman–Crippen MR) is 110 cm³/mol. The Morgan fingerprint density at radius 3 is 2.52 bits per heavy atom. The summed E-state index contributed by atoms with van der Waals surface area (Å²) in [6, 6.07) is 1.51. The van der Waals surface area contributed by atoms with E-state index in [-0.39, 0.29) is 35.3 Å². The maximum Gasteiger partial charge on any atom is 0.312 e. The van der Waals surface area contributed by atoms with E-state index in [1.807, 2.05) is 6.92 Å². The highest BCUT2D eigenvalue weighted by molar-refractivity contribution is 6.07. The molecular formula is C18H23N9O4. The molecule has 0 bridgehead atoms. The van der Waals surface area contributed by atoms with E-state index in [1.165, 1.54) is 31.2 Å². The standard InChI is InChI=1S/C18H23N9O4/c1-6-25-16(18(29)23(4)5)14(9-19-25)20-17(28)13-7-8-24(22-13)10-26-12(3)15(27(30)31)11(2)21-26/h7-9H,6,10H2,1-5H3,(H,20,28). The minimum absolute atomic E-state index is 0.0452. The molecule has 13 heteroatoms. The van der Waals surface area contributed by atoms with Gasteiger partial charge in [0.05, 0.1) is 16.8 Å². The summed E-state index contributed by atoms with van der Waals surface area (Å²) in [5, 5.41) is 26.4. The fraction of sp³-hybridized carbons (Fsp3) is 0.389. The van der Waals surface area contributed by atoms with Crippen LogP contribution in [0.25, 0.3) is 0 Å². The summed E-state index contributed by atoms with van der Waals surface area (Å²) in [5.74, 6) is -0.798. The van der Waals surface area contributed by atoms with Crippen LogP contribution in [0.5, 0.6) is 0 Å². The van der Waals surface area contributed by atoms with E-state index in [0.29, 0.717) is 17.9 Å². The van der Waals surface area contributed by atoms with Crippen LogP contribution in [-0.2, 0) is 13.2 Å². The molecule has 3 aromatic heterocycles. The summed E-state index contributed by atoms with van der Waals surface area (Å²) in [6.45, 7) is 5.58.